The van der Waals surface area contributed by atoms with Gasteiger partial charge in [0.2, 0.25) is 5.91 Å². The fourth-order valence-corrected chi connectivity index (χ4v) is 4.00. The maximum Gasteiger partial charge on any atom is 0.220 e. The van der Waals surface area contributed by atoms with Crippen LogP contribution >= 0.6 is 15.9 Å². The van der Waals surface area contributed by atoms with E-state index in [-0.39, 0.29) is 30.6 Å². The number of ether oxygens (including phenoxy) is 1. The van der Waals surface area contributed by atoms with Crippen molar-refractivity contribution in [3.05, 3.63) is 64.1 Å². The topological polar surface area (TPSA) is 58.6 Å². The molecule has 0 aliphatic carbocycles. The van der Waals surface area contributed by atoms with Crippen LogP contribution in [0.4, 0.5) is 0 Å². The molecule has 0 bridgehead atoms. The van der Waals surface area contributed by atoms with Crippen molar-refractivity contribution < 1.29 is 14.3 Å². The van der Waals surface area contributed by atoms with Crippen LogP contribution in [-0.4, -0.2) is 43.3 Å². The average molecular weight is 459 g/mol. The van der Waals surface area contributed by atoms with E-state index in [1.807, 2.05) is 30.3 Å². The van der Waals surface area contributed by atoms with Crippen molar-refractivity contribution in [2.75, 3.05) is 26.7 Å². The molecular formula is C23H27BrN2O3. The van der Waals surface area contributed by atoms with Gasteiger partial charge in [-0.1, -0.05) is 46.3 Å². The highest BCUT2D eigenvalue weighted by Crippen LogP contribution is 2.31. The number of nitrogens with one attached hydrogen (secondary N) is 1. The third-order valence-corrected chi connectivity index (χ3v) is 5.85. The second kappa shape index (κ2) is 10.6. The lowest BCUT2D eigenvalue weighted by Crippen LogP contribution is -2.37. The largest absolute Gasteiger partial charge is 0.496 e. The Morgan fingerprint density at radius 2 is 1.76 bits per heavy atom. The van der Waals surface area contributed by atoms with Gasteiger partial charge < -0.3 is 10.1 Å². The lowest BCUT2D eigenvalue weighted by Gasteiger charge is -2.29. The van der Waals surface area contributed by atoms with Gasteiger partial charge in [0.15, 0.2) is 5.78 Å². The Bertz CT molecular complexity index is 832. The van der Waals surface area contributed by atoms with Gasteiger partial charge in [0.05, 0.1) is 13.2 Å². The van der Waals surface area contributed by atoms with Gasteiger partial charge in [0.25, 0.3) is 0 Å². The summed E-state index contributed by atoms with van der Waals surface area (Å²) in [6.07, 6.45) is 2.73. The highest BCUT2D eigenvalue weighted by atomic mass is 79.9. The number of halogens is 1. The number of nitrogens with zero attached hydrogens (tertiary/aromatic N) is 1. The van der Waals surface area contributed by atoms with E-state index in [0.717, 1.165) is 28.9 Å². The summed E-state index contributed by atoms with van der Waals surface area (Å²) in [4.78, 5) is 27.1. The molecule has 0 radical (unpaired) electrons. The monoisotopic (exact) mass is 458 g/mol. The predicted molar refractivity (Wildman–Crippen MR) is 117 cm³/mol. The molecule has 1 N–H and O–H groups in total. The quantitative estimate of drug-likeness (QED) is 0.566. The lowest BCUT2D eigenvalue weighted by molar-refractivity contribution is -0.121. The predicted octanol–water partition coefficient (Wildman–Crippen LogP) is 4.37. The lowest BCUT2D eigenvalue weighted by atomic mass is 10.0. The summed E-state index contributed by atoms with van der Waals surface area (Å²) in [5, 5.41) is 3.03. The second-order valence-corrected chi connectivity index (χ2v) is 8.15. The first-order chi connectivity index (χ1) is 14.1. The molecule has 0 aromatic heterocycles. The van der Waals surface area contributed by atoms with Gasteiger partial charge in [0, 0.05) is 35.0 Å². The summed E-state index contributed by atoms with van der Waals surface area (Å²) < 4.78 is 6.47. The first-order valence-electron chi connectivity index (χ1n) is 10.0. The number of para-hydroxylation sites is 1. The Morgan fingerprint density at radius 3 is 2.45 bits per heavy atom. The highest BCUT2D eigenvalue weighted by Gasteiger charge is 2.26. The van der Waals surface area contributed by atoms with Gasteiger partial charge in [-0.15, -0.1) is 0 Å². The van der Waals surface area contributed by atoms with Crippen molar-refractivity contribution in [1.29, 1.82) is 0 Å². The Labute approximate surface area is 180 Å². The van der Waals surface area contributed by atoms with Gasteiger partial charge in [-0.3, -0.25) is 14.5 Å². The van der Waals surface area contributed by atoms with Crippen LogP contribution in [0.15, 0.2) is 53.0 Å². The fourth-order valence-electron chi connectivity index (χ4n) is 3.74. The standard InChI is InChI=1S/C23H27BrN2O3/c1-29-22-7-3-2-6-19(22)20(26-14-4-5-15-26)16-25-23(28)13-12-21(27)17-8-10-18(24)11-9-17/h2-3,6-11,20H,4-5,12-16H2,1H3,(H,25,28). The van der Waals surface area contributed by atoms with Crippen LogP contribution < -0.4 is 10.1 Å². The Hall–Kier alpha value is -2.18. The number of carbonyl (C=O) groups excluding carboxylic acids is 2. The van der Waals surface area contributed by atoms with Crippen LogP contribution in [0.5, 0.6) is 5.75 Å². The molecule has 29 heavy (non-hydrogen) atoms. The van der Waals surface area contributed by atoms with E-state index in [9.17, 15) is 9.59 Å². The molecule has 5 nitrogen and oxygen atoms in total. The van der Waals surface area contributed by atoms with Crippen molar-refractivity contribution in [1.82, 2.24) is 10.2 Å². The first-order valence-corrected chi connectivity index (χ1v) is 10.8. The molecule has 1 aliphatic rings. The van der Waals surface area contributed by atoms with Gasteiger partial charge >= 0.3 is 0 Å². The van der Waals surface area contributed by atoms with Crippen LogP contribution in [0.2, 0.25) is 0 Å². The minimum atomic E-state index is -0.102. The Balaban J connectivity index is 1.58. The minimum Gasteiger partial charge on any atom is -0.496 e. The summed E-state index contributed by atoms with van der Waals surface area (Å²) in [5.74, 6) is 0.715. The average Bonchev–Trinajstić information content (AvgIpc) is 3.27. The van der Waals surface area contributed by atoms with E-state index < -0.39 is 0 Å². The summed E-state index contributed by atoms with van der Waals surface area (Å²) in [5.41, 5.74) is 1.72. The zero-order valence-electron chi connectivity index (χ0n) is 16.7. The van der Waals surface area contributed by atoms with Crippen LogP contribution in [0.1, 0.15) is 47.6 Å². The first kappa shape index (κ1) is 21.5. The number of ketones is 1. The molecular weight excluding hydrogens is 432 g/mol. The number of methoxy groups -OCH3 is 1. The van der Waals surface area contributed by atoms with E-state index in [4.69, 9.17) is 4.74 Å². The number of benzene rings is 2. The van der Waals surface area contributed by atoms with Crippen LogP contribution in [0, 0.1) is 0 Å². The smallest absolute Gasteiger partial charge is 0.220 e. The van der Waals surface area contributed by atoms with E-state index in [2.05, 4.69) is 32.2 Å². The van der Waals surface area contributed by atoms with Gasteiger partial charge in [-0.2, -0.15) is 0 Å². The number of likely N-dealkylation sites (tertiary alicyclic amines) is 1. The maximum atomic E-state index is 12.4. The van der Waals surface area contributed by atoms with E-state index in [1.165, 1.54) is 12.8 Å². The molecule has 0 saturated carbocycles. The number of carbonyl (C=O) groups is 2. The van der Waals surface area contributed by atoms with E-state index in [1.54, 1.807) is 19.2 Å². The molecule has 1 amide bonds. The second-order valence-electron chi connectivity index (χ2n) is 7.23. The number of rotatable bonds is 9. The van der Waals surface area contributed by atoms with Crippen molar-refractivity contribution in [3.63, 3.8) is 0 Å². The number of hydrogen-bond donors (Lipinski definition) is 1. The Kier molecular flexibility index (Phi) is 7.83. The molecule has 2 aromatic rings. The molecule has 1 aliphatic heterocycles. The summed E-state index contributed by atoms with van der Waals surface area (Å²) in [7, 11) is 1.67. The molecule has 6 heteroatoms. The number of Topliss-reactive ketones (excluding diaryl/α,β-unsaturated/α-hetero) is 1. The SMILES string of the molecule is COc1ccccc1C(CNC(=O)CCC(=O)c1ccc(Br)cc1)N1CCCC1. The summed E-state index contributed by atoms with van der Waals surface area (Å²) in [6, 6.07) is 15.3. The van der Waals surface area contributed by atoms with Gasteiger partial charge in [0.1, 0.15) is 5.75 Å². The molecule has 1 unspecified atom stereocenters. The molecule has 1 fully saturated rings. The zero-order chi connectivity index (χ0) is 20.6. The van der Waals surface area contributed by atoms with Crippen LogP contribution in [0.3, 0.4) is 0 Å². The normalized spacial score (nSPS) is 15.1. The fraction of sp³-hybridized carbons (Fsp3) is 0.391. The summed E-state index contributed by atoms with van der Waals surface area (Å²) >= 11 is 3.36. The van der Waals surface area contributed by atoms with E-state index >= 15 is 0 Å². The molecule has 1 saturated heterocycles. The number of amides is 1. The van der Waals surface area contributed by atoms with Crippen LogP contribution in [0.25, 0.3) is 0 Å². The van der Waals surface area contributed by atoms with Gasteiger partial charge in [-0.25, -0.2) is 0 Å². The molecule has 3 rings (SSSR count). The minimum absolute atomic E-state index is 0.0199. The molecule has 0 spiro atoms. The van der Waals surface area contributed by atoms with Crippen LogP contribution in [-0.2, 0) is 4.79 Å². The van der Waals surface area contributed by atoms with Crippen molar-refractivity contribution in [2.45, 2.75) is 31.7 Å². The third kappa shape index (κ3) is 5.90. The third-order valence-electron chi connectivity index (χ3n) is 5.32. The summed E-state index contributed by atoms with van der Waals surface area (Å²) in [6.45, 7) is 2.53. The molecule has 1 heterocycles. The van der Waals surface area contributed by atoms with Crippen molar-refractivity contribution in [3.8, 4) is 5.75 Å². The van der Waals surface area contributed by atoms with Crippen molar-refractivity contribution >= 4 is 27.6 Å². The Morgan fingerprint density at radius 1 is 1.07 bits per heavy atom. The zero-order valence-corrected chi connectivity index (χ0v) is 18.3. The van der Waals surface area contributed by atoms with E-state index in [0.29, 0.717) is 12.1 Å². The molecule has 154 valence electrons. The number of hydrogen-bond acceptors (Lipinski definition) is 4. The van der Waals surface area contributed by atoms with Crippen molar-refractivity contribution in [2.24, 2.45) is 0 Å². The maximum absolute atomic E-state index is 12.4. The molecule has 2 aromatic carbocycles. The highest BCUT2D eigenvalue weighted by molar-refractivity contribution is 9.10. The molecule has 1 atom stereocenters. The van der Waals surface area contributed by atoms with Gasteiger partial charge in [-0.05, 0) is 44.1 Å².